The van der Waals surface area contributed by atoms with Gasteiger partial charge in [-0.2, -0.15) is 5.10 Å². The number of aromatic nitrogens is 3. The molecule has 0 bridgehead atoms. The normalized spacial score (nSPS) is 20.5. The van der Waals surface area contributed by atoms with Crippen LogP contribution in [0.15, 0.2) is 35.5 Å². The van der Waals surface area contributed by atoms with Crippen molar-refractivity contribution in [3.63, 3.8) is 0 Å². The van der Waals surface area contributed by atoms with Crippen molar-refractivity contribution in [3.8, 4) is 0 Å². The highest BCUT2D eigenvalue weighted by molar-refractivity contribution is 7.93. The zero-order valence-corrected chi connectivity index (χ0v) is 13.5. The molecule has 1 atom stereocenters. The number of hydrogen-bond donors (Lipinski definition) is 1. The van der Waals surface area contributed by atoms with E-state index >= 15 is 0 Å². The molecule has 0 unspecified atom stereocenters. The lowest BCUT2D eigenvalue weighted by Crippen LogP contribution is -2.34. The SMILES string of the molecule is O=S(=O)(N[C@H]1CCCn2ncnc21)C1=Cc2ccccc2CC1. The maximum atomic E-state index is 12.8. The molecule has 1 aliphatic carbocycles. The average Bonchev–Trinajstić information content (AvgIpc) is 3.04. The molecule has 23 heavy (non-hydrogen) atoms. The van der Waals surface area contributed by atoms with Gasteiger partial charge in [-0.05, 0) is 42.9 Å². The highest BCUT2D eigenvalue weighted by Gasteiger charge is 2.29. The lowest BCUT2D eigenvalue weighted by Gasteiger charge is -2.24. The fourth-order valence-corrected chi connectivity index (χ4v) is 4.68. The summed E-state index contributed by atoms with van der Waals surface area (Å²) in [5.74, 6) is 0.705. The van der Waals surface area contributed by atoms with E-state index in [-0.39, 0.29) is 6.04 Å². The molecule has 0 fully saturated rings. The van der Waals surface area contributed by atoms with Gasteiger partial charge >= 0.3 is 0 Å². The van der Waals surface area contributed by atoms with E-state index in [4.69, 9.17) is 0 Å². The van der Waals surface area contributed by atoms with Crippen LogP contribution in [0, 0.1) is 0 Å². The lowest BCUT2D eigenvalue weighted by atomic mass is 9.98. The zero-order chi connectivity index (χ0) is 15.9. The smallest absolute Gasteiger partial charge is 0.237 e. The Balaban J connectivity index is 1.62. The van der Waals surface area contributed by atoms with Crippen LogP contribution in [0.1, 0.15) is 42.3 Å². The van der Waals surface area contributed by atoms with Gasteiger partial charge in [0.2, 0.25) is 10.0 Å². The number of nitrogens with one attached hydrogen (secondary N) is 1. The van der Waals surface area contributed by atoms with E-state index < -0.39 is 10.0 Å². The Hall–Kier alpha value is -1.99. The molecule has 0 saturated carbocycles. The Labute approximate surface area is 135 Å². The summed E-state index contributed by atoms with van der Waals surface area (Å²) >= 11 is 0. The third-order valence-electron chi connectivity index (χ3n) is 4.47. The number of allylic oxidation sites excluding steroid dienone is 1. The van der Waals surface area contributed by atoms with E-state index in [9.17, 15) is 8.42 Å². The highest BCUT2D eigenvalue weighted by atomic mass is 32.2. The number of nitrogens with zero attached hydrogens (tertiary/aromatic N) is 3. The molecule has 0 saturated heterocycles. The van der Waals surface area contributed by atoms with Gasteiger partial charge in [-0.25, -0.2) is 22.8 Å². The van der Waals surface area contributed by atoms with E-state index in [2.05, 4.69) is 14.8 Å². The number of aryl methyl sites for hydroxylation is 2. The fourth-order valence-electron chi connectivity index (χ4n) is 3.28. The van der Waals surface area contributed by atoms with Crippen LogP contribution in [0.25, 0.3) is 6.08 Å². The van der Waals surface area contributed by atoms with Gasteiger partial charge in [-0.3, -0.25) is 0 Å². The van der Waals surface area contributed by atoms with Gasteiger partial charge in [0.25, 0.3) is 0 Å². The Bertz CT molecular complexity index is 870. The largest absolute Gasteiger partial charge is 0.248 e. The maximum Gasteiger partial charge on any atom is 0.237 e. The molecule has 2 aromatic rings. The van der Waals surface area contributed by atoms with Crippen LogP contribution < -0.4 is 4.72 Å². The summed E-state index contributed by atoms with van der Waals surface area (Å²) in [6.45, 7) is 0.795. The van der Waals surface area contributed by atoms with E-state index in [0.717, 1.165) is 31.4 Å². The van der Waals surface area contributed by atoms with Crippen molar-refractivity contribution in [2.24, 2.45) is 0 Å². The molecule has 1 aromatic heterocycles. The topological polar surface area (TPSA) is 76.9 Å². The summed E-state index contributed by atoms with van der Waals surface area (Å²) in [7, 11) is -3.52. The van der Waals surface area contributed by atoms with Crippen molar-refractivity contribution in [3.05, 3.63) is 52.4 Å². The van der Waals surface area contributed by atoms with Crippen molar-refractivity contribution in [2.45, 2.75) is 38.3 Å². The first kappa shape index (κ1) is 14.6. The quantitative estimate of drug-likeness (QED) is 0.934. The van der Waals surface area contributed by atoms with Gasteiger partial charge in [-0.15, -0.1) is 0 Å². The van der Waals surface area contributed by atoms with Gasteiger partial charge in [0, 0.05) is 6.54 Å². The molecule has 7 heteroatoms. The molecule has 6 nitrogen and oxygen atoms in total. The Morgan fingerprint density at radius 2 is 2.09 bits per heavy atom. The summed E-state index contributed by atoms with van der Waals surface area (Å²) in [6.07, 6.45) is 6.20. The molecule has 1 aliphatic heterocycles. The highest BCUT2D eigenvalue weighted by Crippen LogP contribution is 2.29. The molecular weight excluding hydrogens is 312 g/mol. The molecule has 0 spiro atoms. The van der Waals surface area contributed by atoms with Crippen molar-refractivity contribution in [1.82, 2.24) is 19.5 Å². The third kappa shape index (κ3) is 2.70. The molecule has 120 valence electrons. The van der Waals surface area contributed by atoms with Crippen molar-refractivity contribution >= 4 is 16.1 Å². The van der Waals surface area contributed by atoms with Gasteiger partial charge in [0.15, 0.2) is 0 Å². The summed E-state index contributed by atoms with van der Waals surface area (Å²) in [4.78, 5) is 4.66. The number of rotatable bonds is 3. The fraction of sp³-hybridized carbons (Fsp3) is 0.375. The predicted molar refractivity (Wildman–Crippen MR) is 86.8 cm³/mol. The van der Waals surface area contributed by atoms with Gasteiger partial charge < -0.3 is 0 Å². The summed E-state index contributed by atoms with van der Waals surface area (Å²) in [5.41, 5.74) is 2.19. The minimum atomic E-state index is -3.52. The van der Waals surface area contributed by atoms with Crippen LogP contribution >= 0.6 is 0 Å². The number of benzene rings is 1. The molecule has 1 aromatic carbocycles. The van der Waals surface area contributed by atoms with Gasteiger partial charge in [-0.1, -0.05) is 24.3 Å². The lowest BCUT2D eigenvalue weighted by molar-refractivity contribution is 0.400. The van der Waals surface area contributed by atoms with E-state index in [1.54, 1.807) is 10.8 Å². The zero-order valence-electron chi connectivity index (χ0n) is 12.6. The molecule has 4 rings (SSSR count). The first-order valence-electron chi connectivity index (χ1n) is 7.82. The molecule has 1 N–H and O–H groups in total. The maximum absolute atomic E-state index is 12.8. The number of hydrogen-bond acceptors (Lipinski definition) is 4. The van der Waals surface area contributed by atoms with Crippen LogP contribution in [0.3, 0.4) is 0 Å². The van der Waals surface area contributed by atoms with Gasteiger partial charge in [0.1, 0.15) is 12.2 Å². The minimum Gasteiger partial charge on any atom is -0.248 e. The summed E-state index contributed by atoms with van der Waals surface area (Å²) in [6, 6.07) is 7.63. The molecule has 0 amide bonds. The Morgan fingerprint density at radius 3 is 3.00 bits per heavy atom. The number of sulfonamides is 1. The summed E-state index contributed by atoms with van der Waals surface area (Å²) in [5, 5.41) is 4.14. The third-order valence-corrected chi connectivity index (χ3v) is 6.08. The molecule has 2 aliphatic rings. The first-order chi connectivity index (χ1) is 11.1. The standard InChI is InChI=1S/C16H18N4O2S/c21-23(22,14-8-7-12-4-1-2-5-13(12)10-14)19-15-6-3-9-20-16(15)17-11-18-20/h1-2,4-5,10-11,15,19H,3,6-9H2/t15-/m0/s1. The van der Waals surface area contributed by atoms with Crippen LogP contribution in [0.5, 0.6) is 0 Å². The molecule has 0 radical (unpaired) electrons. The minimum absolute atomic E-state index is 0.297. The van der Waals surface area contributed by atoms with Crippen LogP contribution in [-0.4, -0.2) is 23.2 Å². The molecule has 2 heterocycles. The molecular formula is C16H18N4O2S. The van der Waals surface area contributed by atoms with E-state index in [1.165, 1.54) is 11.9 Å². The van der Waals surface area contributed by atoms with Gasteiger partial charge in [0.05, 0.1) is 10.9 Å². The Morgan fingerprint density at radius 1 is 1.22 bits per heavy atom. The van der Waals surface area contributed by atoms with Crippen LogP contribution in [-0.2, 0) is 23.0 Å². The monoisotopic (exact) mass is 330 g/mol. The second kappa shape index (κ2) is 5.58. The first-order valence-corrected chi connectivity index (χ1v) is 9.30. The average molecular weight is 330 g/mol. The predicted octanol–water partition coefficient (Wildman–Crippen LogP) is 2.02. The summed E-state index contributed by atoms with van der Waals surface area (Å²) < 4.78 is 30.1. The van der Waals surface area contributed by atoms with E-state index in [0.29, 0.717) is 17.2 Å². The van der Waals surface area contributed by atoms with Crippen molar-refractivity contribution in [1.29, 1.82) is 0 Å². The second-order valence-electron chi connectivity index (χ2n) is 5.97. The van der Waals surface area contributed by atoms with Crippen molar-refractivity contribution < 1.29 is 8.42 Å². The number of fused-ring (bicyclic) bond motifs is 2. The Kier molecular flexibility index (Phi) is 3.54. The van der Waals surface area contributed by atoms with Crippen LogP contribution in [0.2, 0.25) is 0 Å². The second-order valence-corrected chi connectivity index (χ2v) is 7.73. The van der Waals surface area contributed by atoms with Crippen molar-refractivity contribution in [2.75, 3.05) is 0 Å². The van der Waals surface area contributed by atoms with E-state index in [1.807, 2.05) is 24.3 Å². The van der Waals surface area contributed by atoms with Crippen LogP contribution in [0.4, 0.5) is 0 Å².